The Morgan fingerprint density at radius 3 is 2.74 bits per heavy atom. The Morgan fingerprint density at radius 1 is 1.39 bits per heavy atom. The van der Waals surface area contributed by atoms with E-state index in [2.05, 4.69) is 5.32 Å². The van der Waals surface area contributed by atoms with E-state index in [0.29, 0.717) is 26.1 Å². The highest BCUT2D eigenvalue weighted by molar-refractivity contribution is 5.77. The van der Waals surface area contributed by atoms with Crippen molar-refractivity contribution in [2.24, 2.45) is 5.92 Å². The summed E-state index contributed by atoms with van der Waals surface area (Å²) >= 11 is 0. The van der Waals surface area contributed by atoms with Crippen LogP contribution in [0.5, 0.6) is 5.75 Å². The van der Waals surface area contributed by atoms with Crippen LogP contribution in [0, 0.1) is 5.92 Å². The molecule has 3 rings (SSSR count). The van der Waals surface area contributed by atoms with Crippen LogP contribution in [0.1, 0.15) is 24.8 Å². The van der Waals surface area contributed by atoms with E-state index in [-0.39, 0.29) is 11.4 Å². The molecule has 1 aliphatic heterocycles. The summed E-state index contributed by atoms with van der Waals surface area (Å²) in [6, 6.07) is 7.74. The zero-order valence-corrected chi connectivity index (χ0v) is 13.2. The van der Waals surface area contributed by atoms with Crippen LogP contribution in [-0.2, 0) is 10.2 Å². The predicted molar refractivity (Wildman–Crippen MR) is 84.6 cm³/mol. The third kappa shape index (κ3) is 3.11. The molecule has 0 bridgehead atoms. The molecule has 2 aliphatic rings. The minimum atomic E-state index is -0.826. The molecular weight excluding hydrogens is 296 g/mol. The van der Waals surface area contributed by atoms with Crippen molar-refractivity contribution in [1.82, 2.24) is 10.2 Å². The van der Waals surface area contributed by atoms with Crippen LogP contribution in [0.3, 0.4) is 0 Å². The topological polar surface area (TPSA) is 78.9 Å². The molecule has 1 aromatic carbocycles. The summed E-state index contributed by atoms with van der Waals surface area (Å²) in [5, 5.41) is 12.0. The van der Waals surface area contributed by atoms with Gasteiger partial charge in [0.1, 0.15) is 5.75 Å². The number of hydrogen-bond donors (Lipinski definition) is 2. The first kappa shape index (κ1) is 15.6. The summed E-state index contributed by atoms with van der Waals surface area (Å²) < 4.78 is 5.43. The number of carboxylic acids is 1. The van der Waals surface area contributed by atoms with Crippen LogP contribution in [0.15, 0.2) is 24.3 Å². The fourth-order valence-corrected chi connectivity index (χ4v) is 3.28. The number of nitrogens with one attached hydrogen (secondary N) is 1. The van der Waals surface area contributed by atoms with E-state index in [1.54, 1.807) is 12.0 Å². The molecule has 0 aromatic heterocycles. The average Bonchev–Trinajstić information content (AvgIpc) is 3.18. The standard InChI is InChI=1S/C17H22N2O4/c1-23-14-5-3-2-4-13(14)17(7-8-17)11-18-16(22)19-9-6-12(10-19)15(20)21/h2-5,12H,6-11H2,1H3,(H,18,22)(H,20,21). The van der Waals surface area contributed by atoms with E-state index < -0.39 is 11.9 Å². The summed E-state index contributed by atoms with van der Waals surface area (Å²) in [5.74, 6) is -0.413. The van der Waals surface area contributed by atoms with Gasteiger partial charge in [0.15, 0.2) is 0 Å². The Morgan fingerprint density at radius 2 is 2.13 bits per heavy atom. The Hall–Kier alpha value is -2.24. The van der Waals surface area contributed by atoms with Crippen molar-refractivity contribution in [2.45, 2.75) is 24.7 Å². The highest BCUT2D eigenvalue weighted by Crippen LogP contribution is 2.50. The van der Waals surface area contributed by atoms with Crippen LogP contribution >= 0.6 is 0 Å². The quantitative estimate of drug-likeness (QED) is 0.868. The monoisotopic (exact) mass is 318 g/mol. The summed E-state index contributed by atoms with van der Waals surface area (Å²) in [5.41, 5.74) is 1.08. The molecule has 1 heterocycles. The lowest BCUT2D eigenvalue weighted by Gasteiger charge is -2.22. The molecule has 1 saturated carbocycles. The first-order valence-corrected chi connectivity index (χ1v) is 7.95. The van der Waals surface area contributed by atoms with Crippen molar-refractivity contribution in [2.75, 3.05) is 26.7 Å². The van der Waals surface area contributed by atoms with Crippen LogP contribution in [0.4, 0.5) is 4.79 Å². The third-order valence-corrected chi connectivity index (χ3v) is 4.93. The molecular formula is C17H22N2O4. The van der Waals surface area contributed by atoms with Gasteiger partial charge in [-0.05, 0) is 25.3 Å². The van der Waals surface area contributed by atoms with Crippen molar-refractivity contribution in [3.05, 3.63) is 29.8 Å². The predicted octanol–water partition coefficient (Wildman–Crippen LogP) is 1.84. The number of methoxy groups -OCH3 is 1. The number of hydrogen-bond acceptors (Lipinski definition) is 3. The van der Waals surface area contributed by atoms with E-state index in [0.717, 1.165) is 24.2 Å². The van der Waals surface area contributed by atoms with Gasteiger partial charge in [-0.25, -0.2) is 4.79 Å². The Bertz CT molecular complexity index is 612. The van der Waals surface area contributed by atoms with Crippen molar-refractivity contribution in [3.8, 4) is 5.75 Å². The summed E-state index contributed by atoms with van der Waals surface area (Å²) in [6.07, 6.45) is 2.57. The maximum atomic E-state index is 12.3. The van der Waals surface area contributed by atoms with Crippen LogP contribution in [-0.4, -0.2) is 48.8 Å². The number of aliphatic carboxylic acids is 1. The number of rotatable bonds is 5. The number of carboxylic acid groups (broad SMARTS) is 1. The van der Waals surface area contributed by atoms with Gasteiger partial charge in [-0.3, -0.25) is 4.79 Å². The number of carbonyl (C=O) groups is 2. The minimum Gasteiger partial charge on any atom is -0.496 e. The molecule has 2 amide bonds. The van der Waals surface area contributed by atoms with Gasteiger partial charge in [0.2, 0.25) is 0 Å². The van der Waals surface area contributed by atoms with Gasteiger partial charge in [-0.15, -0.1) is 0 Å². The number of ether oxygens (including phenoxy) is 1. The van der Waals surface area contributed by atoms with Gasteiger partial charge in [0.05, 0.1) is 13.0 Å². The van der Waals surface area contributed by atoms with E-state index in [9.17, 15) is 9.59 Å². The maximum absolute atomic E-state index is 12.3. The van der Waals surface area contributed by atoms with Crippen LogP contribution in [0.25, 0.3) is 0 Å². The number of amides is 2. The van der Waals surface area contributed by atoms with Gasteiger partial charge < -0.3 is 20.1 Å². The number of benzene rings is 1. The lowest BCUT2D eigenvalue weighted by atomic mass is 9.95. The molecule has 1 atom stereocenters. The lowest BCUT2D eigenvalue weighted by Crippen LogP contribution is -2.42. The fourth-order valence-electron chi connectivity index (χ4n) is 3.28. The zero-order valence-electron chi connectivity index (χ0n) is 13.2. The smallest absolute Gasteiger partial charge is 0.317 e. The van der Waals surface area contributed by atoms with E-state index in [4.69, 9.17) is 9.84 Å². The molecule has 2 N–H and O–H groups in total. The second kappa shape index (κ2) is 6.10. The summed E-state index contributed by atoms with van der Waals surface area (Å²) in [4.78, 5) is 24.8. The molecule has 2 fully saturated rings. The van der Waals surface area contributed by atoms with Gasteiger partial charge >= 0.3 is 12.0 Å². The Kier molecular flexibility index (Phi) is 4.15. The number of likely N-dealkylation sites (tertiary alicyclic amines) is 1. The van der Waals surface area contributed by atoms with Gasteiger partial charge in [0.25, 0.3) is 0 Å². The van der Waals surface area contributed by atoms with Crippen molar-refractivity contribution < 1.29 is 19.4 Å². The molecule has 1 saturated heterocycles. The molecule has 1 aliphatic carbocycles. The number of urea groups is 1. The first-order valence-electron chi connectivity index (χ1n) is 7.95. The molecule has 6 nitrogen and oxygen atoms in total. The summed E-state index contributed by atoms with van der Waals surface area (Å²) in [6.45, 7) is 1.35. The second-order valence-electron chi connectivity index (χ2n) is 6.41. The number of nitrogens with zero attached hydrogens (tertiary/aromatic N) is 1. The molecule has 23 heavy (non-hydrogen) atoms. The zero-order chi connectivity index (χ0) is 16.4. The highest BCUT2D eigenvalue weighted by atomic mass is 16.5. The highest BCUT2D eigenvalue weighted by Gasteiger charge is 2.46. The molecule has 0 radical (unpaired) electrons. The first-order chi connectivity index (χ1) is 11.1. The largest absolute Gasteiger partial charge is 0.496 e. The van der Waals surface area contributed by atoms with E-state index in [1.807, 2.05) is 24.3 Å². The van der Waals surface area contributed by atoms with Crippen LogP contribution in [0.2, 0.25) is 0 Å². The lowest BCUT2D eigenvalue weighted by molar-refractivity contribution is -0.141. The molecule has 1 unspecified atom stereocenters. The van der Waals surface area contributed by atoms with Crippen molar-refractivity contribution in [3.63, 3.8) is 0 Å². The second-order valence-corrected chi connectivity index (χ2v) is 6.41. The SMILES string of the molecule is COc1ccccc1C1(CNC(=O)N2CCC(C(=O)O)C2)CC1. The van der Waals surface area contributed by atoms with Gasteiger partial charge in [-0.2, -0.15) is 0 Å². The fraction of sp³-hybridized carbons (Fsp3) is 0.529. The molecule has 6 heteroatoms. The normalized spacial score (nSPS) is 21.8. The van der Waals surface area contributed by atoms with Gasteiger partial charge in [0, 0.05) is 30.6 Å². The average molecular weight is 318 g/mol. The third-order valence-electron chi connectivity index (χ3n) is 4.93. The van der Waals surface area contributed by atoms with Crippen molar-refractivity contribution >= 4 is 12.0 Å². The van der Waals surface area contributed by atoms with Crippen LogP contribution < -0.4 is 10.1 Å². The van der Waals surface area contributed by atoms with Crippen molar-refractivity contribution in [1.29, 1.82) is 0 Å². The van der Waals surface area contributed by atoms with E-state index in [1.165, 1.54) is 0 Å². The van der Waals surface area contributed by atoms with E-state index >= 15 is 0 Å². The molecule has 124 valence electrons. The molecule has 1 aromatic rings. The number of carbonyl (C=O) groups excluding carboxylic acids is 1. The Labute approximate surface area is 135 Å². The molecule has 0 spiro atoms. The van der Waals surface area contributed by atoms with Gasteiger partial charge in [-0.1, -0.05) is 18.2 Å². The maximum Gasteiger partial charge on any atom is 0.317 e. The summed E-state index contributed by atoms with van der Waals surface area (Å²) in [7, 11) is 1.66. The Balaban J connectivity index is 1.60. The number of para-hydroxylation sites is 1. The minimum absolute atomic E-state index is 0.0474.